The Labute approximate surface area is 65.9 Å². The first-order valence-corrected chi connectivity index (χ1v) is 1.32. The van der Waals surface area contributed by atoms with Crippen molar-refractivity contribution in [1.82, 2.24) is 0 Å². The largest absolute Gasteiger partial charge is 0.245 e. The van der Waals surface area contributed by atoms with Crippen LogP contribution in [0, 0.1) is 20.8 Å². The third kappa shape index (κ3) is 173. The Balaban J connectivity index is -0.0000000275. The second kappa shape index (κ2) is 46.8. The molecular formula is C5H9Y-. The maximum Gasteiger partial charge on any atom is 0 e. The smallest absolute Gasteiger partial charge is 0 e. The molecule has 0 aliphatic heterocycles. The molecule has 0 aliphatic rings. The summed E-state index contributed by atoms with van der Waals surface area (Å²) in [4.78, 5) is 0. The van der Waals surface area contributed by atoms with Gasteiger partial charge in [0.1, 0.15) is 0 Å². The fourth-order valence-corrected chi connectivity index (χ4v) is 0. The molecule has 1 heteroatoms. The Bertz CT molecular complexity index is 11.4. The Hall–Kier alpha value is 0.584. The van der Waals surface area contributed by atoms with Gasteiger partial charge < -0.3 is 0 Å². The molecule has 0 aromatic rings. The van der Waals surface area contributed by atoms with Crippen LogP contribution in [0.2, 0.25) is 0 Å². The summed E-state index contributed by atoms with van der Waals surface area (Å²) in [5.74, 6) is 0. The summed E-state index contributed by atoms with van der Waals surface area (Å²) in [7, 11) is 0. The number of hydrogen-bond donors (Lipinski definition) is 0. The van der Waals surface area contributed by atoms with Crippen LogP contribution < -0.4 is 0 Å². The molecule has 0 aromatic carbocycles. The van der Waals surface area contributed by atoms with Crippen molar-refractivity contribution in [1.29, 1.82) is 0 Å². The monoisotopic (exact) mass is 158 g/mol. The van der Waals surface area contributed by atoms with E-state index in [1.807, 2.05) is 0 Å². The van der Waals surface area contributed by atoms with Gasteiger partial charge in [-0.3, -0.25) is 0 Å². The van der Waals surface area contributed by atoms with Gasteiger partial charge in [-0.2, -0.15) is 6.92 Å². The molecule has 0 aromatic heterocycles. The molecule has 0 atom stereocenters. The van der Waals surface area contributed by atoms with Crippen molar-refractivity contribution in [3.8, 4) is 0 Å². The van der Waals surface area contributed by atoms with Crippen molar-refractivity contribution < 1.29 is 32.7 Å². The van der Waals surface area contributed by atoms with Gasteiger partial charge in [0.15, 0.2) is 0 Å². The molecule has 0 spiro atoms. The zero-order valence-corrected chi connectivity index (χ0v) is 6.82. The van der Waals surface area contributed by atoms with E-state index >= 15 is 0 Å². The molecule has 0 aliphatic carbocycles. The average molecular weight is 158 g/mol. The van der Waals surface area contributed by atoms with E-state index in [0.717, 1.165) is 0 Å². The van der Waals surface area contributed by atoms with E-state index in [4.69, 9.17) is 0 Å². The standard InChI is InChI=1S/C3H5.C2H4.Y/c1-3-2;1-2;/h3H,1-2H2;1-2H2;/q-1;;. The van der Waals surface area contributed by atoms with E-state index in [1.54, 1.807) is 0 Å². The van der Waals surface area contributed by atoms with Crippen LogP contribution in [0.3, 0.4) is 0 Å². The van der Waals surface area contributed by atoms with Gasteiger partial charge >= 0.3 is 0 Å². The summed E-state index contributed by atoms with van der Waals surface area (Å²) < 4.78 is 0. The molecule has 0 amide bonds. The number of hydrogen-bond acceptors (Lipinski definition) is 0. The first-order chi connectivity index (χ1) is 2.41. The molecule has 0 fully saturated rings. The topological polar surface area (TPSA) is 0 Å². The summed E-state index contributed by atoms with van der Waals surface area (Å²) in [6.07, 6.45) is 1.50. The maximum absolute atomic E-state index is 3.25. The van der Waals surface area contributed by atoms with Gasteiger partial charge in [-0.1, -0.05) is 6.92 Å². The summed E-state index contributed by atoms with van der Waals surface area (Å²) in [5, 5.41) is 0. The number of rotatable bonds is 0. The zero-order valence-electron chi connectivity index (χ0n) is 3.98. The fourth-order valence-electron chi connectivity index (χ4n) is 0. The Morgan fingerprint density at radius 3 is 1.50 bits per heavy atom. The van der Waals surface area contributed by atoms with Crippen molar-refractivity contribution in [2.75, 3.05) is 0 Å². The minimum atomic E-state index is 0. The predicted molar refractivity (Wildman–Crippen MR) is 26.3 cm³/mol. The molecule has 0 unspecified atom stereocenters. The van der Waals surface area contributed by atoms with Crippen molar-refractivity contribution in [2.24, 2.45) is 0 Å². The van der Waals surface area contributed by atoms with Gasteiger partial charge in [-0.05, 0) is 0 Å². The van der Waals surface area contributed by atoms with Gasteiger partial charge in [0.25, 0.3) is 0 Å². The molecule has 6 heavy (non-hydrogen) atoms. The van der Waals surface area contributed by atoms with Gasteiger partial charge in [0.2, 0.25) is 0 Å². The molecule has 0 heterocycles. The van der Waals surface area contributed by atoms with Gasteiger partial charge in [-0.15, -0.1) is 0 Å². The zero-order chi connectivity index (χ0) is 4.71. The molecule has 0 saturated carbocycles. The molecule has 0 N–H and O–H groups in total. The van der Waals surface area contributed by atoms with Crippen LogP contribution in [0.1, 0.15) is 0 Å². The molecule has 0 bridgehead atoms. The van der Waals surface area contributed by atoms with Crippen molar-refractivity contribution in [3.05, 3.63) is 33.4 Å². The SMILES string of the molecule is C=C[CH2-].[CH2+][CH2-].[Y]. The van der Waals surface area contributed by atoms with E-state index in [2.05, 4.69) is 27.4 Å². The maximum atomic E-state index is 3.25. The first kappa shape index (κ1) is 16.0. The molecule has 33 valence electrons. The van der Waals surface area contributed by atoms with Crippen LogP contribution in [0.5, 0.6) is 0 Å². The van der Waals surface area contributed by atoms with E-state index in [-0.39, 0.29) is 32.7 Å². The molecular weight excluding hydrogens is 149 g/mol. The summed E-state index contributed by atoms with van der Waals surface area (Å²) in [5.41, 5.74) is 0. The van der Waals surface area contributed by atoms with E-state index in [0.29, 0.717) is 0 Å². The van der Waals surface area contributed by atoms with E-state index in [1.165, 1.54) is 6.08 Å². The third-order valence-corrected chi connectivity index (χ3v) is 0. The fraction of sp³-hybridized carbons (Fsp3) is 0. The second-order valence-electron chi connectivity index (χ2n) is 0.289. The van der Waals surface area contributed by atoms with Gasteiger partial charge in [0, 0.05) is 32.7 Å². The Kier molecular flexibility index (Phi) is 125. The van der Waals surface area contributed by atoms with Crippen LogP contribution in [0.25, 0.3) is 0 Å². The normalized spacial score (nSPS) is 2.83. The molecule has 0 saturated heterocycles. The quantitative estimate of drug-likeness (QED) is 0.470. The van der Waals surface area contributed by atoms with Crippen LogP contribution in [-0.2, 0) is 32.7 Å². The van der Waals surface area contributed by atoms with E-state index in [9.17, 15) is 0 Å². The average Bonchev–Trinajstić information content (AvgIpc) is 1.46. The minimum Gasteiger partial charge on any atom is -0.245 e. The molecule has 0 nitrogen and oxygen atoms in total. The Morgan fingerprint density at radius 2 is 1.50 bits per heavy atom. The summed E-state index contributed by atoms with van der Waals surface area (Å²) in [6.45, 7) is 12.5. The van der Waals surface area contributed by atoms with Crippen LogP contribution in [-0.4, -0.2) is 0 Å². The van der Waals surface area contributed by atoms with Crippen LogP contribution >= 0.6 is 0 Å². The van der Waals surface area contributed by atoms with E-state index < -0.39 is 0 Å². The number of allylic oxidation sites excluding steroid dienone is 1. The van der Waals surface area contributed by atoms with Crippen molar-refractivity contribution in [3.63, 3.8) is 0 Å². The van der Waals surface area contributed by atoms with Crippen LogP contribution in [0.15, 0.2) is 12.7 Å². The van der Waals surface area contributed by atoms with Crippen molar-refractivity contribution >= 4 is 0 Å². The first-order valence-electron chi connectivity index (χ1n) is 1.32. The summed E-state index contributed by atoms with van der Waals surface area (Å²) >= 11 is 0. The minimum absolute atomic E-state index is 0. The van der Waals surface area contributed by atoms with Crippen molar-refractivity contribution in [2.45, 2.75) is 0 Å². The molecule has 1 radical (unpaired) electrons. The Morgan fingerprint density at radius 1 is 1.50 bits per heavy atom. The summed E-state index contributed by atoms with van der Waals surface area (Å²) in [6, 6.07) is 0. The van der Waals surface area contributed by atoms with Gasteiger partial charge in [0.05, 0.1) is 0 Å². The van der Waals surface area contributed by atoms with Gasteiger partial charge in [-0.25, -0.2) is 19.6 Å². The predicted octanol–water partition coefficient (Wildman–Crippen LogP) is 1.66. The second-order valence-corrected chi connectivity index (χ2v) is 0.289. The van der Waals surface area contributed by atoms with Crippen LogP contribution in [0.4, 0.5) is 0 Å². The third-order valence-electron chi connectivity index (χ3n) is 0. The molecule has 0 rings (SSSR count).